The van der Waals surface area contributed by atoms with Gasteiger partial charge in [0.25, 0.3) is 0 Å². The lowest BCUT2D eigenvalue weighted by molar-refractivity contribution is 0.0557. The number of benzene rings is 4. The molecule has 0 saturated heterocycles. The van der Waals surface area contributed by atoms with Crippen LogP contribution in [0.1, 0.15) is 21.5 Å². The van der Waals surface area contributed by atoms with Crippen LogP contribution in [0.2, 0.25) is 10.0 Å². The summed E-state index contributed by atoms with van der Waals surface area (Å²) in [6, 6.07) is 22.8. The highest BCUT2D eigenvalue weighted by Crippen LogP contribution is 2.60. The zero-order valence-electron chi connectivity index (χ0n) is 22.2. The second kappa shape index (κ2) is 12.7. The maximum Gasteiger partial charge on any atom is 0.399 e. The number of carboxylic acids is 1. The number of aromatic carboxylic acids is 1. The van der Waals surface area contributed by atoms with Gasteiger partial charge in [0.15, 0.2) is 5.13 Å². The lowest BCUT2D eigenvalue weighted by Gasteiger charge is -2.24. The number of carboxylic acid groups (broad SMARTS) is 1. The Hall–Kier alpha value is -3.15. The lowest BCUT2D eigenvalue weighted by Crippen LogP contribution is -2.18. The van der Waals surface area contributed by atoms with Gasteiger partial charge >= 0.3 is 19.2 Å². The van der Waals surface area contributed by atoms with Crippen molar-refractivity contribution in [2.75, 3.05) is 4.90 Å². The normalized spacial score (nSPS) is 11.9. The third-order valence-electron chi connectivity index (χ3n) is 6.60. The Labute approximate surface area is 272 Å². The summed E-state index contributed by atoms with van der Waals surface area (Å²) in [5.41, 5.74) is -0.925. The molecule has 0 saturated carbocycles. The standard InChI is InChI=1S/C30H20BrCl2F2N2O5PS/c31-24-11-17(7-9-23(24)30(34,35)43(40,41)42)15-37(22-8-10-25(32)26(33)14-22)29-36-27(16-44-29)20-5-1-3-18(12-20)19-4-2-6-21(13-19)28(38)39/h1-14,16H,15H2,(H,38,39)(H2,40,41,42). The SMILES string of the molecule is O=C(O)c1cccc(-c2cccc(-c3csc(N(Cc4ccc(C(F)(F)P(=O)(O)O)c(Br)c4)c4ccc(Cl)c(Cl)c4)n3)c2)c1. The first kappa shape index (κ1) is 32.2. The van der Waals surface area contributed by atoms with Crippen LogP contribution in [0, 0.1) is 0 Å². The van der Waals surface area contributed by atoms with Crippen molar-refractivity contribution in [2.24, 2.45) is 0 Å². The fraction of sp³-hybridized carbons (Fsp3) is 0.0667. The van der Waals surface area contributed by atoms with Crippen molar-refractivity contribution >= 4 is 74.9 Å². The highest BCUT2D eigenvalue weighted by molar-refractivity contribution is 9.10. The van der Waals surface area contributed by atoms with Crippen LogP contribution >= 0.6 is 58.1 Å². The van der Waals surface area contributed by atoms with Crippen LogP contribution in [0.3, 0.4) is 0 Å². The fourth-order valence-electron chi connectivity index (χ4n) is 4.37. The third-order valence-corrected chi connectivity index (χ3v) is 9.83. The molecule has 0 aliphatic carbocycles. The van der Waals surface area contributed by atoms with Gasteiger partial charge in [0, 0.05) is 26.7 Å². The summed E-state index contributed by atoms with van der Waals surface area (Å²) in [6.07, 6.45) is 0. The second-order valence-corrected chi connectivity index (χ2v) is 13.7. The first-order chi connectivity index (χ1) is 20.7. The Morgan fingerprint density at radius 3 is 2.27 bits per heavy atom. The number of thiazole rings is 1. The van der Waals surface area contributed by atoms with Gasteiger partial charge in [-0.2, -0.15) is 8.78 Å². The van der Waals surface area contributed by atoms with Crippen molar-refractivity contribution in [1.82, 2.24) is 4.98 Å². The van der Waals surface area contributed by atoms with Crippen LogP contribution in [0.15, 0.2) is 94.8 Å². The quantitative estimate of drug-likeness (QED) is 0.129. The van der Waals surface area contributed by atoms with Crippen LogP contribution in [0.5, 0.6) is 0 Å². The van der Waals surface area contributed by atoms with Crippen LogP contribution in [-0.2, 0) is 16.8 Å². The third kappa shape index (κ3) is 6.74. The number of hydrogen-bond donors (Lipinski definition) is 3. The monoisotopic (exact) mass is 738 g/mol. The zero-order chi connectivity index (χ0) is 31.8. The van der Waals surface area contributed by atoms with E-state index in [0.29, 0.717) is 32.1 Å². The maximum absolute atomic E-state index is 14.4. The number of alkyl halides is 2. The highest BCUT2D eigenvalue weighted by Gasteiger charge is 2.51. The average molecular weight is 740 g/mol. The van der Waals surface area contributed by atoms with E-state index >= 15 is 0 Å². The summed E-state index contributed by atoms with van der Waals surface area (Å²) in [5.74, 6) is -1.02. The molecule has 0 amide bonds. The Bertz CT molecular complexity index is 1940. The second-order valence-electron chi connectivity index (χ2n) is 9.57. The van der Waals surface area contributed by atoms with E-state index in [-0.39, 0.29) is 16.6 Å². The van der Waals surface area contributed by atoms with Gasteiger partial charge in [0.05, 0.1) is 27.8 Å². The molecule has 0 spiro atoms. The first-order valence-electron chi connectivity index (χ1n) is 12.6. The van der Waals surface area contributed by atoms with Crippen molar-refractivity contribution in [1.29, 1.82) is 0 Å². The van der Waals surface area contributed by atoms with Gasteiger partial charge in [-0.3, -0.25) is 4.57 Å². The van der Waals surface area contributed by atoms with Crippen molar-refractivity contribution in [3.05, 3.63) is 122 Å². The Kier molecular flexibility index (Phi) is 9.30. The van der Waals surface area contributed by atoms with Crippen molar-refractivity contribution in [2.45, 2.75) is 12.2 Å². The van der Waals surface area contributed by atoms with Gasteiger partial charge in [-0.05, 0) is 59.2 Å². The molecule has 0 atom stereocenters. The molecule has 226 valence electrons. The van der Waals surface area contributed by atoms with E-state index in [4.69, 9.17) is 28.2 Å². The van der Waals surface area contributed by atoms with Crippen LogP contribution in [-0.4, -0.2) is 25.8 Å². The van der Waals surface area contributed by atoms with Crippen molar-refractivity contribution in [3.8, 4) is 22.4 Å². The molecule has 0 aliphatic heterocycles. The van der Waals surface area contributed by atoms with Crippen LogP contribution in [0.25, 0.3) is 22.4 Å². The summed E-state index contributed by atoms with van der Waals surface area (Å²) in [4.78, 5) is 36.4. The van der Waals surface area contributed by atoms with Crippen molar-refractivity contribution < 1.29 is 33.0 Å². The summed E-state index contributed by atoms with van der Waals surface area (Å²) >= 11 is 16.8. The number of hydrogen-bond acceptors (Lipinski definition) is 5. The molecule has 7 nitrogen and oxygen atoms in total. The minimum atomic E-state index is -5.76. The van der Waals surface area contributed by atoms with Crippen molar-refractivity contribution in [3.63, 3.8) is 0 Å². The number of halogens is 5. The van der Waals surface area contributed by atoms with Gasteiger partial charge in [-0.15, -0.1) is 11.3 Å². The highest BCUT2D eigenvalue weighted by atomic mass is 79.9. The number of rotatable bonds is 9. The summed E-state index contributed by atoms with van der Waals surface area (Å²) < 4.78 is 40.1. The molecule has 4 aromatic carbocycles. The van der Waals surface area contributed by atoms with Crippen LogP contribution < -0.4 is 4.90 Å². The molecule has 5 aromatic rings. The van der Waals surface area contributed by atoms with Gasteiger partial charge in [0.1, 0.15) is 0 Å². The Morgan fingerprint density at radius 2 is 1.61 bits per heavy atom. The predicted molar refractivity (Wildman–Crippen MR) is 172 cm³/mol. The molecular weight excluding hydrogens is 720 g/mol. The number of nitrogens with zero attached hydrogens (tertiary/aromatic N) is 2. The Morgan fingerprint density at radius 1 is 0.932 bits per heavy atom. The number of carbonyl (C=O) groups is 1. The molecule has 0 aliphatic rings. The first-order valence-corrected chi connectivity index (χ1v) is 16.6. The van der Waals surface area contributed by atoms with Gasteiger partial charge in [-0.25, -0.2) is 9.78 Å². The average Bonchev–Trinajstić information content (AvgIpc) is 3.47. The molecule has 0 radical (unpaired) electrons. The van der Waals surface area contributed by atoms with Crippen LogP contribution in [0.4, 0.5) is 19.6 Å². The minimum Gasteiger partial charge on any atom is -0.478 e. The molecule has 5 rings (SSSR count). The number of anilines is 2. The molecular formula is C30H20BrCl2F2N2O5PS. The fourth-order valence-corrected chi connectivity index (χ4v) is 6.86. The largest absolute Gasteiger partial charge is 0.478 e. The summed E-state index contributed by atoms with van der Waals surface area (Å²) in [6.45, 7) is 0.132. The molecule has 0 unspecified atom stereocenters. The molecule has 1 aromatic heterocycles. The van der Waals surface area contributed by atoms with Gasteiger partial charge in [0.2, 0.25) is 0 Å². The molecule has 14 heteroatoms. The van der Waals surface area contributed by atoms with E-state index in [1.807, 2.05) is 35.7 Å². The smallest absolute Gasteiger partial charge is 0.399 e. The predicted octanol–water partition coefficient (Wildman–Crippen LogP) is 9.81. The maximum atomic E-state index is 14.4. The van der Waals surface area contributed by atoms with Gasteiger partial charge in [-0.1, -0.05) is 81.6 Å². The number of aromatic nitrogens is 1. The lowest BCUT2D eigenvalue weighted by atomic mass is 10.0. The van der Waals surface area contributed by atoms with E-state index in [1.54, 1.807) is 35.2 Å². The van der Waals surface area contributed by atoms with Gasteiger partial charge < -0.3 is 19.8 Å². The minimum absolute atomic E-state index is 0.132. The Balaban J connectivity index is 1.51. The van der Waals surface area contributed by atoms with E-state index in [2.05, 4.69) is 15.9 Å². The van der Waals surface area contributed by atoms with E-state index < -0.39 is 24.8 Å². The van der Waals surface area contributed by atoms with E-state index in [9.17, 15) is 33.0 Å². The molecule has 3 N–H and O–H groups in total. The summed E-state index contributed by atoms with van der Waals surface area (Å²) in [7, 11) is -5.76. The molecule has 1 heterocycles. The topological polar surface area (TPSA) is 111 Å². The van der Waals surface area contributed by atoms with E-state index in [0.717, 1.165) is 22.8 Å². The zero-order valence-corrected chi connectivity index (χ0v) is 27.0. The molecule has 0 bridgehead atoms. The summed E-state index contributed by atoms with van der Waals surface area (Å²) in [5, 5.41) is 12.4. The van der Waals surface area contributed by atoms with E-state index in [1.165, 1.54) is 29.5 Å². The molecule has 0 fully saturated rings. The molecule has 44 heavy (non-hydrogen) atoms.